The van der Waals surface area contributed by atoms with Gasteiger partial charge < -0.3 is 4.57 Å². The molecule has 0 saturated carbocycles. The lowest BCUT2D eigenvalue weighted by atomic mass is 9.90. The molecule has 1 heterocycles. The van der Waals surface area contributed by atoms with Crippen LogP contribution in [0.15, 0.2) is 152 Å². The van der Waals surface area contributed by atoms with Crippen LogP contribution in [0.2, 0.25) is 0 Å². The first-order chi connectivity index (χ1) is 21.4. The van der Waals surface area contributed by atoms with Crippen LogP contribution >= 0.6 is 0 Å². The fraction of sp³-hybridized carbons (Fsp3) is 0. The molecule has 0 amide bonds. The first-order valence-electron chi connectivity index (χ1n) is 15.0. The van der Waals surface area contributed by atoms with Gasteiger partial charge in [-0.05, 0) is 67.1 Å². The molecule has 198 valence electrons. The number of benzene rings is 8. The van der Waals surface area contributed by atoms with E-state index < -0.39 is 0 Å². The zero-order chi connectivity index (χ0) is 28.1. The van der Waals surface area contributed by atoms with Crippen molar-refractivity contribution in [1.29, 1.82) is 0 Å². The van der Waals surface area contributed by atoms with E-state index in [0.717, 1.165) is 0 Å². The lowest BCUT2D eigenvalue weighted by Crippen LogP contribution is -1.99. The third kappa shape index (κ3) is 2.96. The second-order valence-electron chi connectivity index (χ2n) is 11.6. The van der Waals surface area contributed by atoms with Crippen LogP contribution in [-0.2, 0) is 0 Å². The maximum Gasteiger partial charge on any atom is 0.0619 e. The summed E-state index contributed by atoms with van der Waals surface area (Å²) in [5.41, 5.74) is 11.5. The van der Waals surface area contributed by atoms with Gasteiger partial charge in [0.05, 0.1) is 16.7 Å². The Labute approximate surface area is 248 Å². The smallest absolute Gasteiger partial charge is 0.0619 e. The Morgan fingerprint density at radius 2 is 0.860 bits per heavy atom. The Morgan fingerprint density at radius 1 is 0.326 bits per heavy atom. The van der Waals surface area contributed by atoms with Crippen LogP contribution in [0.1, 0.15) is 0 Å². The first-order valence-corrected chi connectivity index (χ1v) is 15.0. The normalized spacial score (nSPS) is 12.2. The molecule has 9 aromatic rings. The highest BCUT2D eigenvalue weighted by Crippen LogP contribution is 2.51. The molecule has 43 heavy (non-hydrogen) atoms. The van der Waals surface area contributed by atoms with Gasteiger partial charge in [-0.3, -0.25) is 0 Å². The highest BCUT2D eigenvalue weighted by Gasteiger charge is 2.26. The van der Waals surface area contributed by atoms with Crippen molar-refractivity contribution in [1.82, 2.24) is 4.57 Å². The molecule has 0 fully saturated rings. The molecule has 1 heteroatoms. The maximum absolute atomic E-state index is 2.55. The average Bonchev–Trinajstić information content (AvgIpc) is 3.35. The Balaban J connectivity index is 1.47. The van der Waals surface area contributed by atoms with Gasteiger partial charge in [-0.25, -0.2) is 0 Å². The summed E-state index contributed by atoms with van der Waals surface area (Å²) in [6.07, 6.45) is 0. The largest absolute Gasteiger partial charge is 0.308 e. The monoisotopic (exact) mass is 543 g/mol. The van der Waals surface area contributed by atoms with Crippen LogP contribution in [0.25, 0.3) is 93.2 Å². The molecule has 1 aliphatic carbocycles. The summed E-state index contributed by atoms with van der Waals surface area (Å²) >= 11 is 0. The van der Waals surface area contributed by atoms with Crippen LogP contribution in [0.5, 0.6) is 0 Å². The van der Waals surface area contributed by atoms with Crippen molar-refractivity contribution in [2.75, 3.05) is 0 Å². The van der Waals surface area contributed by atoms with E-state index in [1.54, 1.807) is 0 Å². The van der Waals surface area contributed by atoms with Crippen LogP contribution in [0.3, 0.4) is 0 Å². The minimum absolute atomic E-state index is 1.24. The summed E-state index contributed by atoms with van der Waals surface area (Å²) in [7, 11) is 0. The molecule has 0 atom stereocenters. The maximum atomic E-state index is 2.55. The molecular weight excluding hydrogens is 518 g/mol. The molecule has 0 spiro atoms. The summed E-state index contributed by atoms with van der Waals surface area (Å²) in [5, 5.41) is 10.4. The third-order valence-electron chi connectivity index (χ3n) is 9.49. The predicted octanol–water partition coefficient (Wildman–Crippen LogP) is 11.6. The summed E-state index contributed by atoms with van der Waals surface area (Å²) in [5.74, 6) is 0. The molecule has 1 aromatic heterocycles. The van der Waals surface area contributed by atoms with Crippen molar-refractivity contribution in [3.8, 4) is 39.1 Å². The van der Waals surface area contributed by atoms with E-state index in [2.05, 4.69) is 156 Å². The SMILES string of the molecule is c1ccc(-c2c3ccccc3c(-n3c4cccc5c4c4c6c(cccc6ccc43)-c3ccccc3-5)c3ccccc23)cc1. The van der Waals surface area contributed by atoms with Crippen molar-refractivity contribution in [3.63, 3.8) is 0 Å². The van der Waals surface area contributed by atoms with Crippen LogP contribution in [0, 0.1) is 0 Å². The van der Waals surface area contributed by atoms with E-state index >= 15 is 0 Å². The summed E-state index contributed by atoms with van der Waals surface area (Å²) in [6.45, 7) is 0. The van der Waals surface area contributed by atoms with Gasteiger partial charge in [-0.15, -0.1) is 0 Å². The van der Waals surface area contributed by atoms with Crippen molar-refractivity contribution in [2.45, 2.75) is 0 Å². The van der Waals surface area contributed by atoms with Gasteiger partial charge in [-0.2, -0.15) is 0 Å². The van der Waals surface area contributed by atoms with Crippen molar-refractivity contribution in [3.05, 3.63) is 152 Å². The van der Waals surface area contributed by atoms with Gasteiger partial charge in [-0.1, -0.05) is 140 Å². The Morgan fingerprint density at radius 3 is 1.56 bits per heavy atom. The molecule has 1 nitrogen and oxygen atoms in total. The molecule has 0 N–H and O–H groups in total. The molecule has 0 radical (unpaired) electrons. The molecule has 10 rings (SSSR count). The molecule has 0 bridgehead atoms. The third-order valence-corrected chi connectivity index (χ3v) is 9.49. The standard InChI is InChI=1S/C42H25N/c1-2-12-26(13-3-1)38-32-17-6-8-19-34(32)42(35-20-9-7-18-33(35)38)43-36-23-11-22-31-29-16-5-4-15-28(29)30-21-10-14-27-24-25-37(43)41(39(27)30)40(31)36/h1-25H. The Hall–Kier alpha value is -5.66. The van der Waals surface area contributed by atoms with Gasteiger partial charge in [0.15, 0.2) is 0 Å². The predicted molar refractivity (Wildman–Crippen MR) is 183 cm³/mol. The number of hydrogen-bond donors (Lipinski definition) is 0. The lowest BCUT2D eigenvalue weighted by Gasteiger charge is -2.20. The van der Waals surface area contributed by atoms with Crippen LogP contribution < -0.4 is 0 Å². The second kappa shape index (κ2) is 8.44. The van der Waals surface area contributed by atoms with Crippen molar-refractivity contribution >= 4 is 54.1 Å². The molecular formula is C42H25N. The fourth-order valence-electron chi connectivity index (χ4n) is 7.83. The molecule has 0 unspecified atom stereocenters. The van der Waals surface area contributed by atoms with E-state index in [1.165, 1.54) is 93.2 Å². The Bertz CT molecular complexity index is 2550. The van der Waals surface area contributed by atoms with Crippen LogP contribution in [0.4, 0.5) is 0 Å². The summed E-state index contributed by atoms with van der Waals surface area (Å²) in [4.78, 5) is 0. The topological polar surface area (TPSA) is 4.93 Å². The van der Waals surface area contributed by atoms with E-state index in [0.29, 0.717) is 0 Å². The number of nitrogens with zero attached hydrogens (tertiary/aromatic N) is 1. The number of fused-ring (bicyclic) bond motifs is 5. The van der Waals surface area contributed by atoms with E-state index in [9.17, 15) is 0 Å². The fourth-order valence-corrected chi connectivity index (χ4v) is 7.83. The van der Waals surface area contributed by atoms with Gasteiger partial charge in [0.1, 0.15) is 0 Å². The minimum atomic E-state index is 1.24. The quantitative estimate of drug-likeness (QED) is 0.191. The minimum Gasteiger partial charge on any atom is -0.308 e. The number of rotatable bonds is 2. The van der Waals surface area contributed by atoms with Gasteiger partial charge in [0, 0.05) is 21.5 Å². The lowest BCUT2D eigenvalue weighted by molar-refractivity contribution is 1.21. The summed E-state index contributed by atoms with van der Waals surface area (Å²) < 4.78 is 2.55. The van der Waals surface area contributed by atoms with E-state index in [-0.39, 0.29) is 0 Å². The zero-order valence-corrected chi connectivity index (χ0v) is 23.4. The first kappa shape index (κ1) is 23.0. The average molecular weight is 544 g/mol. The van der Waals surface area contributed by atoms with Gasteiger partial charge in [0.2, 0.25) is 0 Å². The Kier molecular flexibility index (Phi) is 4.51. The molecule has 1 aliphatic rings. The van der Waals surface area contributed by atoms with Crippen molar-refractivity contribution in [2.24, 2.45) is 0 Å². The van der Waals surface area contributed by atoms with Crippen LogP contribution in [-0.4, -0.2) is 4.57 Å². The number of hydrogen-bond acceptors (Lipinski definition) is 0. The molecule has 8 aromatic carbocycles. The van der Waals surface area contributed by atoms with E-state index in [1.807, 2.05) is 0 Å². The van der Waals surface area contributed by atoms with E-state index in [4.69, 9.17) is 0 Å². The number of aromatic nitrogens is 1. The molecule has 0 aliphatic heterocycles. The van der Waals surface area contributed by atoms with Gasteiger partial charge in [0.25, 0.3) is 0 Å². The van der Waals surface area contributed by atoms with Gasteiger partial charge >= 0.3 is 0 Å². The molecule has 0 saturated heterocycles. The highest BCUT2D eigenvalue weighted by atomic mass is 15.0. The summed E-state index contributed by atoms with van der Waals surface area (Å²) in [6, 6.07) is 55.9. The second-order valence-corrected chi connectivity index (χ2v) is 11.6. The highest BCUT2D eigenvalue weighted by molar-refractivity contribution is 6.31. The zero-order valence-electron chi connectivity index (χ0n) is 23.4. The van der Waals surface area contributed by atoms with Crippen molar-refractivity contribution < 1.29 is 0 Å².